The molecule has 1 heterocycles. The van der Waals surface area contributed by atoms with E-state index in [1.165, 1.54) is 9.80 Å². The predicted octanol–water partition coefficient (Wildman–Crippen LogP) is -1.74. The van der Waals surface area contributed by atoms with Crippen molar-refractivity contribution in [2.45, 2.75) is 17.9 Å². The largest absolute Gasteiger partial charge is 0.354 e. The Morgan fingerprint density at radius 2 is 1.88 bits per heavy atom. The molecule has 1 aliphatic heterocycles. The summed E-state index contributed by atoms with van der Waals surface area (Å²) in [6.45, 7) is 6.15. The number of amides is 2. The highest BCUT2D eigenvalue weighted by Gasteiger charge is 2.31. The summed E-state index contributed by atoms with van der Waals surface area (Å²) >= 11 is 1.63. The quantitative estimate of drug-likeness (QED) is 0.460. The van der Waals surface area contributed by atoms with E-state index < -0.39 is 0 Å². The number of para-hydroxylation sites is 1. The van der Waals surface area contributed by atoms with Crippen molar-refractivity contribution < 1.29 is 19.4 Å². The van der Waals surface area contributed by atoms with Crippen molar-refractivity contribution >= 4 is 29.3 Å². The summed E-state index contributed by atoms with van der Waals surface area (Å²) in [5, 5.41) is 5.73. The number of benzene rings is 1. The lowest BCUT2D eigenvalue weighted by Crippen LogP contribution is -3.30. The zero-order chi connectivity index (χ0) is 17.5. The minimum Gasteiger partial charge on any atom is -0.354 e. The first kappa shape index (κ1) is 18.8. The van der Waals surface area contributed by atoms with E-state index in [0.29, 0.717) is 6.54 Å². The first-order valence-corrected chi connectivity index (χ1v) is 9.60. The van der Waals surface area contributed by atoms with E-state index in [2.05, 4.69) is 10.6 Å². The van der Waals surface area contributed by atoms with Crippen LogP contribution in [-0.2, 0) is 9.59 Å². The standard InChI is InChI=1S/C17H26N4O2S/c1-13(17(23)19-14-6-4-5-7-15(14)24-3)21-10-8-20(9-11-21)12-16(22)18-2/h4-7,13H,8-12H2,1-3H3,(H,18,22)(H,19,23)/p+2/t13-/m1/s1. The normalized spacial score (nSPS) is 21.8. The van der Waals surface area contributed by atoms with Crippen LogP contribution in [0.4, 0.5) is 5.69 Å². The van der Waals surface area contributed by atoms with E-state index in [4.69, 9.17) is 0 Å². The third-order valence-corrected chi connectivity index (χ3v) is 5.46. The lowest BCUT2D eigenvalue weighted by Gasteiger charge is -2.32. The van der Waals surface area contributed by atoms with Crippen LogP contribution in [0.25, 0.3) is 0 Å². The molecular formula is C17H28N4O2S+2. The number of piperazine rings is 1. The van der Waals surface area contributed by atoms with Crippen molar-refractivity contribution in [3.63, 3.8) is 0 Å². The molecule has 7 heteroatoms. The Balaban J connectivity index is 1.87. The van der Waals surface area contributed by atoms with Crippen molar-refractivity contribution in [1.82, 2.24) is 5.32 Å². The Labute approximate surface area is 148 Å². The molecule has 132 valence electrons. The number of rotatable bonds is 6. The van der Waals surface area contributed by atoms with Crippen molar-refractivity contribution in [3.05, 3.63) is 24.3 Å². The molecule has 1 aromatic carbocycles. The average molecular weight is 353 g/mol. The third-order valence-electron chi connectivity index (χ3n) is 4.66. The molecule has 0 saturated carbocycles. The van der Waals surface area contributed by atoms with Crippen molar-refractivity contribution in [3.8, 4) is 0 Å². The Hall–Kier alpha value is -1.57. The molecule has 0 spiro atoms. The molecule has 6 nitrogen and oxygen atoms in total. The van der Waals surface area contributed by atoms with Gasteiger partial charge in [0.1, 0.15) is 26.2 Å². The summed E-state index contributed by atoms with van der Waals surface area (Å²) in [5.74, 6) is 0.133. The van der Waals surface area contributed by atoms with Crippen LogP contribution in [0.5, 0.6) is 0 Å². The van der Waals surface area contributed by atoms with Gasteiger partial charge in [0.15, 0.2) is 12.6 Å². The number of likely N-dealkylation sites (N-methyl/N-ethyl adjacent to an activating group) is 1. The van der Waals surface area contributed by atoms with Crippen LogP contribution in [0.1, 0.15) is 6.92 Å². The van der Waals surface area contributed by atoms with Gasteiger partial charge in [-0.2, -0.15) is 0 Å². The van der Waals surface area contributed by atoms with E-state index in [0.717, 1.165) is 36.8 Å². The molecular weight excluding hydrogens is 324 g/mol. The fraction of sp³-hybridized carbons (Fsp3) is 0.529. The Morgan fingerprint density at radius 3 is 2.50 bits per heavy atom. The smallest absolute Gasteiger partial charge is 0.282 e. The van der Waals surface area contributed by atoms with E-state index in [9.17, 15) is 9.59 Å². The highest BCUT2D eigenvalue weighted by atomic mass is 32.2. The molecule has 0 aliphatic carbocycles. The average Bonchev–Trinajstić information content (AvgIpc) is 2.62. The highest BCUT2D eigenvalue weighted by Crippen LogP contribution is 2.24. The van der Waals surface area contributed by atoms with Gasteiger partial charge in [-0.05, 0) is 25.3 Å². The lowest BCUT2D eigenvalue weighted by atomic mass is 10.2. The molecule has 4 N–H and O–H groups in total. The number of quaternary nitrogens is 2. The summed E-state index contributed by atoms with van der Waals surface area (Å²) in [4.78, 5) is 27.7. The maximum absolute atomic E-state index is 12.6. The summed E-state index contributed by atoms with van der Waals surface area (Å²) in [7, 11) is 1.67. The molecule has 1 saturated heterocycles. The number of anilines is 1. The Morgan fingerprint density at radius 1 is 1.21 bits per heavy atom. The molecule has 0 radical (unpaired) electrons. The van der Waals surface area contributed by atoms with Gasteiger partial charge in [-0.1, -0.05) is 12.1 Å². The molecule has 1 fully saturated rings. The molecule has 24 heavy (non-hydrogen) atoms. The molecule has 0 bridgehead atoms. The third kappa shape index (κ3) is 4.96. The number of carbonyl (C=O) groups excluding carboxylic acids is 2. The van der Waals surface area contributed by atoms with Gasteiger partial charge in [-0.3, -0.25) is 9.59 Å². The number of nitrogens with one attached hydrogen (secondary N) is 4. The van der Waals surface area contributed by atoms with Gasteiger partial charge in [0, 0.05) is 11.9 Å². The van der Waals surface area contributed by atoms with E-state index in [1.807, 2.05) is 37.4 Å². The fourth-order valence-electron chi connectivity index (χ4n) is 3.02. The summed E-state index contributed by atoms with van der Waals surface area (Å²) in [6, 6.07) is 7.77. The second-order valence-electron chi connectivity index (χ2n) is 6.17. The highest BCUT2D eigenvalue weighted by molar-refractivity contribution is 7.98. The number of thioether (sulfide) groups is 1. The zero-order valence-electron chi connectivity index (χ0n) is 14.6. The van der Waals surface area contributed by atoms with Crippen LogP contribution in [-0.4, -0.2) is 63.9 Å². The van der Waals surface area contributed by atoms with Crippen LogP contribution in [0.3, 0.4) is 0 Å². The minimum atomic E-state index is -0.0959. The van der Waals surface area contributed by atoms with Crippen LogP contribution in [0, 0.1) is 0 Å². The van der Waals surface area contributed by atoms with Gasteiger partial charge >= 0.3 is 0 Å². The van der Waals surface area contributed by atoms with Crippen molar-refractivity contribution in [2.24, 2.45) is 0 Å². The van der Waals surface area contributed by atoms with Crippen molar-refractivity contribution in [1.29, 1.82) is 0 Å². The van der Waals surface area contributed by atoms with Gasteiger partial charge in [0.25, 0.3) is 11.8 Å². The summed E-state index contributed by atoms with van der Waals surface area (Å²) < 4.78 is 0. The maximum atomic E-state index is 12.6. The van der Waals surface area contributed by atoms with Gasteiger partial charge in [-0.15, -0.1) is 11.8 Å². The first-order valence-electron chi connectivity index (χ1n) is 8.37. The van der Waals surface area contributed by atoms with Crippen LogP contribution in [0.2, 0.25) is 0 Å². The van der Waals surface area contributed by atoms with Crippen LogP contribution < -0.4 is 20.4 Å². The molecule has 2 rings (SSSR count). The lowest BCUT2D eigenvalue weighted by molar-refractivity contribution is -1.01. The number of carbonyl (C=O) groups is 2. The second-order valence-corrected chi connectivity index (χ2v) is 7.02. The molecule has 1 aliphatic rings. The van der Waals surface area contributed by atoms with E-state index >= 15 is 0 Å². The minimum absolute atomic E-state index is 0.0567. The first-order chi connectivity index (χ1) is 11.5. The van der Waals surface area contributed by atoms with E-state index in [1.54, 1.807) is 18.8 Å². The predicted molar refractivity (Wildman–Crippen MR) is 96.6 cm³/mol. The molecule has 2 amide bonds. The zero-order valence-corrected chi connectivity index (χ0v) is 15.5. The monoisotopic (exact) mass is 352 g/mol. The van der Waals surface area contributed by atoms with Crippen LogP contribution in [0.15, 0.2) is 29.2 Å². The van der Waals surface area contributed by atoms with Gasteiger partial charge < -0.3 is 20.4 Å². The fourth-order valence-corrected chi connectivity index (χ4v) is 3.58. The summed E-state index contributed by atoms with van der Waals surface area (Å²) in [5.41, 5.74) is 0.880. The van der Waals surface area contributed by atoms with E-state index in [-0.39, 0.29) is 17.9 Å². The van der Waals surface area contributed by atoms with Gasteiger partial charge in [-0.25, -0.2) is 0 Å². The molecule has 0 unspecified atom stereocenters. The van der Waals surface area contributed by atoms with Gasteiger partial charge in [0.2, 0.25) is 0 Å². The number of hydrogen-bond acceptors (Lipinski definition) is 3. The maximum Gasteiger partial charge on any atom is 0.282 e. The molecule has 1 aromatic rings. The van der Waals surface area contributed by atoms with Crippen LogP contribution >= 0.6 is 11.8 Å². The Bertz CT molecular complexity index is 573. The second kappa shape index (κ2) is 9.05. The topological polar surface area (TPSA) is 67.1 Å². The summed E-state index contributed by atoms with van der Waals surface area (Å²) in [6.07, 6.45) is 2.01. The Kier molecular flexibility index (Phi) is 7.08. The van der Waals surface area contributed by atoms with Gasteiger partial charge in [0.05, 0.1) is 5.69 Å². The SMILES string of the molecule is CNC(=O)C[NH+]1CC[NH+]([C@H](C)C(=O)Nc2ccccc2SC)CC1. The molecule has 1 atom stereocenters. The van der Waals surface area contributed by atoms with Crippen molar-refractivity contribution in [2.75, 3.05) is 51.3 Å². The molecule has 0 aromatic heterocycles. The number of hydrogen-bond donors (Lipinski definition) is 4.